The lowest BCUT2D eigenvalue weighted by molar-refractivity contribution is -0.302. The summed E-state index contributed by atoms with van der Waals surface area (Å²) in [5.41, 5.74) is 0. The van der Waals surface area contributed by atoms with Gasteiger partial charge in [0.2, 0.25) is 5.91 Å². The van der Waals surface area contributed by atoms with Gasteiger partial charge in [-0.05, 0) is 83.5 Å². The highest BCUT2D eigenvalue weighted by atomic mass is 16.7. The van der Waals surface area contributed by atoms with Crippen molar-refractivity contribution in [1.29, 1.82) is 0 Å². The van der Waals surface area contributed by atoms with E-state index in [2.05, 4.69) is 92.1 Å². The smallest absolute Gasteiger partial charge is 0.220 e. The van der Waals surface area contributed by atoms with E-state index < -0.39 is 49.5 Å². The molecule has 6 N–H and O–H groups in total. The average molecular weight is 1090 g/mol. The van der Waals surface area contributed by atoms with E-state index in [1.165, 1.54) is 199 Å². The van der Waals surface area contributed by atoms with Gasteiger partial charge in [0, 0.05) is 6.42 Å². The van der Waals surface area contributed by atoms with Crippen LogP contribution < -0.4 is 5.32 Å². The minimum Gasteiger partial charge on any atom is -0.394 e. The summed E-state index contributed by atoms with van der Waals surface area (Å²) < 4.78 is 11.3. The summed E-state index contributed by atoms with van der Waals surface area (Å²) in [5.74, 6) is -0.192. The Kier molecular flexibility index (Phi) is 54.2. The third-order valence-corrected chi connectivity index (χ3v) is 15.2. The summed E-state index contributed by atoms with van der Waals surface area (Å²) in [6, 6.07) is -0.834. The highest BCUT2D eigenvalue weighted by Gasteiger charge is 2.44. The molecule has 1 aliphatic heterocycles. The third-order valence-electron chi connectivity index (χ3n) is 15.2. The molecule has 9 nitrogen and oxygen atoms in total. The molecule has 452 valence electrons. The lowest BCUT2D eigenvalue weighted by Crippen LogP contribution is -2.60. The van der Waals surface area contributed by atoms with Crippen LogP contribution in [0, 0.1) is 0 Å². The third kappa shape index (κ3) is 46.0. The first-order valence-corrected chi connectivity index (χ1v) is 32.8. The van der Waals surface area contributed by atoms with Gasteiger partial charge in [-0.15, -0.1) is 0 Å². The van der Waals surface area contributed by atoms with Gasteiger partial charge in [0.05, 0.1) is 25.4 Å². The van der Waals surface area contributed by atoms with Gasteiger partial charge in [-0.2, -0.15) is 0 Å². The van der Waals surface area contributed by atoms with E-state index in [1.807, 2.05) is 6.08 Å². The second kappa shape index (κ2) is 57.6. The molecule has 1 rings (SSSR count). The number of hydrogen-bond donors (Lipinski definition) is 6. The quantitative estimate of drug-likeness (QED) is 0.0261. The Bertz CT molecular complexity index is 1500. The molecule has 0 aromatic carbocycles. The highest BCUT2D eigenvalue weighted by Crippen LogP contribution is 2.23. The lowest BCUT2D eigenvalue weighted by Gasteiger charge is -2.40. The number of allylic oxidation sites excluding steroid dienone is 13. The fraction of sp³-hybridized carbons (Fsp3) is 0.783. The van der Waals surface area contributed by atoms with E-state index in [0.29, 0.717) is 6.42 Å². The summed E-state index contributed by atoms with van der Waals surface area (Å²) in [7, 11) is 0. The molecule has 0 aliphatic carbocycles. The van der Waals surface area contributed by atoms with Crippen molar-refractivity contribution in [2.24, 2.45) is 0 Å². The number of aliphatic hydroxyl groups excluding tert-OH is 5. The molecule has 0 radical (unpaired) electrons. The van der Waals surface area contributed by atoms with Crippen molar-refractivity contribution < 1.29 is 39.8 Å². The SMILES string of the molecule is CC/C=C\C/C=C\C/C=C\C/C=C\CCCCCCCCCCCCCCCCC(=O)NC(COC1OC(CO)C(O)C(O)C1O)C(O)/C=C/CC/C=C/CC/C=C/CCCCCCCCCCCCCCCCCCCC. The largest absolute Gasteiger partial charge is 0.394 e. The predicted octanol–water partition coefficient (Wildman–Crippen LogP) is 17.4. The van der Waals surface area contributed by atoms with Crippen molar-refractivity contribution in [1.82, 2.24) is 5.32 Å². The monoisotopic (exact) mass is 1090 g/mol. The van der Waals surface area contributed by atoms with Crippen LogP contribution in [-0.4, -0.2) is 87.5 Å². The fourth-order valence-electron chi connectivity index (χ4n) is 10.1. The van der Waals surface area contributed by atoms with Crippen LogP contribution in [0.1, 0.15) is 290 Å². The normalized spacial score (nSPS) is 19.2. The standard InChI is InChI=1S/C69H123NO8/c1-3-5-7-9-11-13-15-17-19-21-23-25-27-29-31-33-34-36-38-40-42-44-46-48-50-52-54-56-58-63(72)62(61-77-69-68(76)67(75)66(74)64(60-71)78-69)70-65(73)59-57-55-53-51-49-47-45-43-41-39-37-35-32-30-28-26-24-22-20-18-16-14-12-10-8-6-4-2/h6,8,12,14,18,20,24,26,40,42,48,50,56,58,62-64,66-69,71-72,74-76H,3-5,7,9-11,13,15-17,19,21-23,25,27-39,41,43-47,49,51-55,57,59-61H2,1-2H3,(H,70,73)/b8-6-,14-12-,20-18-,26-24-,42-40+,50-48+,58-56+. The van der Waals surface area contributed by atoms with Crippen molar-refractivity contribution in [3.63, 3.8) is 0 Å². The van der Waals surface area contributed by atoms with Crippen LogP contribution in [0.25, 0.3) is 0 Å². The van der Waals surface area contributed by atoms with Crippen LogP contribution in [-0.2, 0) is 14.3 Å². The minimum absolute atomic E-state index is 0.192. The molecular formula is C69H123NO8. The summed E-state index contributed by atoms with van der Waals surface area (Å²) in [6.07, 6.45) is 75.3. The van der Waals surface area contributed by atoms with E-state index in [0.717, 1.165) is 70.6 Å². The van der Waals surface area contributed by atoms with Gasteiger partial charge >= 0.3 is 0 Å². The summed E-state index contributed by atoms with van der Waals surface area (Å²) in [5, 5.41) is 54.7. The molecule has 0 bridgehead atoms. The van der Waals surface area contributed by atoms with Crippen molar-refractivity contribution in [3.8, 4) is 0 Å². The van der Waals surface area contributed by atoms with Gasteiger partial charge in [-0.1, -0.05) is 285 Å². The van der Waals surface area contributed by atoms with Crippen molar-refractivity contribution in [2.75, 3.05) is 13.2 Å². The first-order chi connectivity index (χ1) is 38.3. The molecule has 0 aromatic rings. The van der Waals surface area contributed by atoms with Gasteiger partial charge in [-0.3, -0.25) is 4.79 Å². The Morgan fingerprint density at radius 1 is 0.449 bits per heavy atom. The topological polar surface area (TPSA) is 149 Å². The van der Waals surface area contributed by atoms with Crippen molar-refractivity contribution >= 4 is 5.91 Å². The van der Waals surface area contributed by atoms with Crippen LogP contribution in [0.3, 0.4) is 0 Å². The zero-order valence-electron chi connectivity index (χ0n) is 50.4. The Labute approximate surface area is 480 Å². The molecule has 1 heterocycles. The zero-order valence-corrected chi connectivity index (χ0v) is 50.4. The molecule has 1 amide bonds. The first kappa shape index (κ1) is 73.4. The maximum absolute atomic E-state index is 13.1. The van der Waals surface area contributed by atoms with Crippen LogP contribution in [0.2, 0.25) is 0 Å². The molecule has 1 fully saturated rings. The maximum Gasteiger partial charge on any atom is 0.220 e. The molecule has 1 aliphatic rings. The van der Waals surface area contributed by atoms with E-state index in [9.17, 15) is 30.3 Å². The Morgan fingerprint density at radius 3 is 1.23 bits per heavy atom. The second-order valence-electron chi connectivity index (χ2n) is 22.5. The van der Waals surface area contributed by atoms with Gasteiger partial charge < -0.3 is 40.3 Å². The summed E-state index contributed by atoms with van der Waals surface area (Å²) in [4.78, 5) is 13.1. The van der Waals surface area contributed by atoms with E-state index >= 15 is 0 Å². The predicted molar refractivity (Wildman–Crippen MR) is 332 cm³/mol. The molecule has 9 heteroatoms. The van der Waals surface area contributed by atoms with Crippen molar-refractivity contribution in [2.45, 2.75) is 333 Å². The number of rotatable bonds is 56. The first-order valence-electron chi connectivity index (χ1n) is 32.8. The van der Waals surface area contributed by atoms with Gasteiger partial charge in [0.1, 0.15) is 24.4 Å². The van der Waals surface area contributed by atoms with Crippen molar-refractivity contribution in [3.05, 3.63) is 85.1 Å². The van der Waals surface area contributed by atoms with Gasteiger partial charge in [0.25, 0.3) is 0 Å². The molecule has 0 saturated carbocycles. The summed E-state index contributed by atoms with van der Waals surface area (Å²) in [6.45, 7) is 3.67. The van der Waals surface area contributed by atoms with E-state index in [-0.39, 0.29) is 12.5 Å². The molecule has 7 unspecified atom stereocenters. The Morgan fingerprint density at radius 2 is 0.808 bits per heavy atom. The Balaban J connectivity index is 2.20. The summed E-state index contributed by atoms with van der Waals surface area (Å²) >= 11 is 0. The fourth-order valence-corrected chi connectivity index (χ4v) is 10.1. The number of ether oxygens (including phenoxy) is 2. The van der Waals surface area contributed by atoms with Crippen LogP contribution in [0.5, 0.6) is 0 Å². The number of hydrogen-bond acceptors (Lipinski definition) is 8. The number of nitrogens with one attached hydrogen (secondary N) is 1. The molecule has 0 aromatic heterocycles. The Hall–Kier alpha value is -2.63. The second-order valence-corrected chi connectivity index (χ2v) is 22.5. The number of carbonyl (C=O) groups is 1. The van der Waals surface area contributed by atoms with Gasteiger partial charge in [-0.25, -0.2) is 0 Å². The van der Waals surface area contributed by atoms with E-state index in [4.69, 9.17) is 9.47 Å². The molecule has 0 spiro atoms. The average Bonchev–Trinajstić information content (AvgIpc) is 3.45. The molecule has 7 atom stereocenters. The number of aliphatic hydroxyl groups is 5. The molecular weight excluding hydrogens is 971 g/mol. The zero-order chi connectivity index (χ0) is 56.5. The maximum atomic E-state index is 13.1. The minimum atomic E-state index is -1.58. The van der Waals surface area contributed by atoms with Crippen LogP contribution >= 0.6 is 0 Å². The number of carbonyl (C=O) groups excluding carboxylic acids is 1. The molecule has 1 saturated heterocycles. The van der Waals surface area contributed by atoms with Crippen LogP contribution in [0.4, 0.5) is 0 Å². The van der Waals surface area contributed by atoms with Gasteiger partial charge in [0.15, 0.2) is 6.29 Å². The lowest BCUT2D eigenvalue weighted by atomic mass is 9.99. The van der Waals surface area contributed by atoms with Crippen LogP contribution in [0.15, 0.2) is 85.1 Å². The number of unbranched alkanes of at least 4 members (excludes halogenated alkanes) is 34. The van der Waals surface area contributed by atoms with E-state index in [1.54, 1.807) is 6.08 Å². The molecule has 78 heavy (non-hydrogen) atoms. The highest BCUT2D eigenvalue weighted by molar-refractivity contribution is 5.76. The number of amides is 1.